The number of hydrogen-bond donors (Lipinski definition) is 1. The van der Waals surface area contributed by atoms with Crippen LogP contribution in [-0.2, 0) is 19.4 Å². The number of nitrogens with two attached hydrogens (primary N) is 1. The molecular formula is C15H20ClNO4S. The van der Waals surface area contributed by atoms with Crippen molar-refractivity contribution in [1.82, 2.24) is 0 Å². The maximum Gasteiger partial charge on any atom is 0.315 e. The number of carbonyl (C=O) groups excluding carboxylic acids is 1. The SMILES string of the molecule is CCOC(=O)[C@@]1(CN)[C@@H](c2ccc(Cl)cc2)[C@@H]1S(=O)(=O)CC. The minimum Gasteiger partial charge on any atom is -0.465 e. The molecule has 0 heterocycles. The van der Waals surface area contributed by atoms with Crippen LogP contribution >= 0.6 is 11.6 Å². The molecule has 1 aliphatic carbocycles. The largest absolute Gasteiger partial charge is 0.465 e. The first-order chi connectivity index (χ1) is 10.3. The van der Waals surface area contributed by atoms with Gasteiger partial charge in [0.15, 0.2) is 9.84 Å². The highest BCUT2D eigenvalue weighted by molar-refractivity contribution is 7.92. The zero-order valence-electron chi connectivity index (χ0n) is 12.6. The van der Waals surface area contributed by atoms with Crippen molar-refractivity contribution in [2.24, 2.45) is 11.1 Å². The van der Waals surface area contributed by atoms with Crippen LogP contribution in [-0.4, -0.2) is 38.5 Å². The molecule has 1 saturated carbocycles. The van der Waals surface area contributed by atoms with Crippen molar-refractivity contribution in [3.63, 3.8) is 0 Å². The lowest BCUT2D eigenvalue weighted by Gasteiger charge is -2.14. The number of esters is 1. The van der Waals surface area contributed by atoms with Gasteiger partial charge in [0.25, 0.3) is 0 Å². The second-order valence-electron chi connectivity index (χ2n) is 5.37. The molecule has 1 aliphatic rings. The molecule has 0 saturated heterocycles. The Kier molecular flexibility index (Phi) is 4.84. The lowest BCUT2D eigenvalue weighted by molar-refractivity contribution is -0.149. The lowest BCUT2D eigenvalue weighted by atomic mass is 9.99. The van der Waals surface area contributed by atoms with Crippen molar-refractivity contribution in [2.75, 3.05) is 18.9 Å². The molecule has 22 heavy (non-hydrogen) atoms. The molecule has 122 valence electrons. The number of benzene rings is 1. The minimum absolute atomic E-state index is 0.0388. The summed E-state index contributed by atoms with van der Waals surface area (Å²) >= 11 is 5.87. The van der Waals surface area contributed by atoms with Crippen molar-refractivity contribution in [1.29, 1.82) is 0 Å². The molecule has 0 unspecified atom stereocenters. The zero-order valence-corrected chi connectivity index (χ0v) is 14.2. The Morgan fingerprint density at radius 3 is 2.36 bits per heavy atom. The molecule has 1 aromatic rings. The molecule has 5 nitrogen and oxygen atoms in total. The summed E-state index contributed by atoms with van der Waals surface area (Å²) in [5.74, 6) is -1.07. The van der Waals surface area contributed by atoms with Gasteiger partial charge >= 0.3 is 5.97 Å². The molecule has 0 aromatic heterocycles. The summed E-state index contributed by atoms with van der Waals surface area (Å²) < 4.78 is 29.9. The molecule has 7 heteroatoms. The molecule has 0 amide bonds. The van der Waals surface area contributed by atoms with Gasteiger partial charge in [-0.15, -0.1) is 0 Å². The first kappa shape index (κ1) is 17.2. The molecule has 0 radical (unpaired) electrons. The number of carbonyl (C=O) groups is 1. The highest BCUT2D eigenvalue weighted by Gasteiger charge is 2.74. The molecule has 1 aromatic carbocycles. The molecule has 3 atom stereocenters. The smallest absolute Gasteiger partial charge is 0.315 e. The summed E-state index contributed by atoms with van der Waals surface area (Å²) in [7, 11) is -3.43. The number of hydrogen-bond acceptors (Lipinski definition) is 5. The molecule has 0 bridgehead atoms. The van der Waals surface area contributed by atoms with E-state index in [0.717, 1.165) is 5.56 Å². The Morgan fingerprint density at radius 2 is 1.91 bits per heavy atom. The second kappa shape index (κ2) is 6.18. The maximum absolute atomic E-state index is 12.4. The summed E-state index contributed by atoms with van der Waals surface area (Å²) in [4.78, 5) is 12.4. The van der Waals surface area contributed by atoms with Gasteiger partial charge < -0.3 is 10.5 Å². The monoisotopic (exact) mass is 345 g/mol. The van der Waals surface area contributed by atoms with Gasteiger partial charge in [-0.3, -0.25) is 4.79 Å². The topological polar surface area (TPSA) is 86.5 Å². The van der Waals surface area contributed by atoms with E-state index in [0.29, 0.717) is 5.02 Å². The highest BCUT2D eigenvalue weighted by atomic mass is 35.5. The molecule has 1 fully saturated rings. The van der Waals surface area contributed by atoms with E-state index in [9.17, 15) is 13.2 Å². The fourth-order valence-corrected chi connectivity index (χ4v) is 5.29. The predicted octanol–water partition coefficient (Wildman–Crippen LogP) is 1.75. The lowest BCUT2D eigenvalue weighted by Crippen LogP contribution is -2.34. The minimum atomic E-state index is -3.43. The van der Waals surface area contributed by atoms with Crippen LogP contribution in [0.2, 0.25) is 5.02 Å². The zero-order chi connectivity index (χ0) is 16.5. The molecular weight excluding hydrogens is 326 g/mol. The average molecular weight is 346 g/mol. The number of sulfone groups is 1. The van der Waals surface area contributed by atoms with Gasteiger partial charge in [0, 0.05) is 23.2 Å². The summed E-state index contributed by atoms with van der Waals surface area (Å²) in [6.45, 7) is 3.37. The highest BCUT2D eigenvalue weighted by Crippen LogP contribution is 2.63. The van der Waals surface area contributed by atoms with Crippen LogP contribution in [0.3, 0.4) is 0 Å². The van der Waals surface area contributed by atoms with E-state index in [-0.39, 0.29) is 18.9 Å². The van der Waals surface area contributed by atoms with E-state index in [1.165, 1.54) is 0 Å². The van der Waals surface area contributed by atoms with Gasteiger partial charge in [0.1, 0.15) is 5.41 Å². The van der Waals surface area contributed by atoms with Crippen LogP contribution in [0.4, 0.5) is 0 Å². The number of halogens is 1. The molecule has 0 spiro atoms. The predicted molar refractivity (Wildman–Crippen MR) is 85.6 cm³/mol. The van der Waals surface area contributed by atoms with Crippen LogP contribution < -0.4 is 5.73 Å². The van der Waals surface area contributed by atoms with Crippen LogP contribution in [0.15, 0.2) is 24.3 Å². The van der Waals surface area contributed by atoms with Crippen LogP contribution in [0, 0.1) is 5.41 Å². The van der Waals surface area contributed by atoms with Gasteiger partial charge in [0.05, 0.1) is 11.9 Å². The van der Waals surface area contributed by atoms with Gasteiger partial charge in [-0.2, -0.15) is 0 Å². The number of rotatable bonds is 6. The standard InChI is InChI=1S/C15H20ClNO4S/c1-3-21-14(18)15(9-17)12(13(15)22(19,20)4-2)10-5-7-11(16)8-6-10/h5-8,12-13H,3-4,9,17H2,1-2H3/t12-,13-,15-/m0/s1. The third-order valence-corrected chi connectivity index (χ3v) is 6.79. The normalized spacial score (nSPS) is 27.5. The van der Waals surface area contributed by atoms with Gasteiger partial charge in [-0.1, -0.05) is 30.7 Å². The fraction of sp³-hybridized carbons (Fsp3) is 0.533. The van der Waals surface area contributed by atoms with Crippen molar-refractivity contribution >= 4 is 27.4 Å². The third-order valence-electron chi connectivity index (χ3n) is 4.27. The van der Waals surface area contributed by atoms with E-state index in [4.69, 9.17) is 22.1 Å². The first-order valence-corrected chi connectivity index (χ1v) is 9.28. The van der Waals surface area contributed by atoms with Crippen LogP contribution in [0.1, 0.15) is 25.3 Å². The van der Waals surface area contributed by atoms with Crippen LogP contribution in [0.5, 0.6) is 0 Å². The van der Waals surface area contributed by atoms with Crippen molar-refractivity contribution in [2.45, 2.75) is 25.0 Å². The third kappa shape index (κ3) is 2.64. The Morgan fingerprint density at radius 1 is 1.32 bits per heavy atom. The average Bonchev–Trinajstić information content (AvgIpc) is 3.20. The van der Waals surface area contributed by atoms with E-state index in [2.05, 4.69) is 0 Å². The summed E-state index contributed by atoms with van der Waals surface area (Å²) in [5, 5.41) is -0.288. The van der Waals surface area contributed by atoms with Crippen LogP contribution in [0.25, 0.3) is 0 Å². The quantitative estimate of drug-likeness (QED) is 0.794. The van der Waals surface area contributed by atoms with Gasteiger partial charge in [-0.25, -0.2) is 8.42 Å². The van der Waals surface area contributed by atoms with Crippen molar-refractivity contribution in [3.05, 3.63) is 34.9 Å². The van der Waals surface area contributed by atoms with E-state index in [1.807, 2.05) is 0 Å². The van der Waals surface area contributed by atoms with E-state index < -0.39 is 32.4 Å². The Balaban J connectivity index is 2.49. The van der Waals surface area contributed by atoms with E-state index in [1.54, 1.807) is 38.1 Å². The Bertz CT molecular complexity index is 659. The molecule has 2 N–H and O–H groups in total. The fourth-order valence-electron chi connectivity index (χ4n) is 3.09. The van der Waals surface area contributed by atoms with Crippen molar-refractivity contribution in [3.8, 4) is 0 Å². The van der Waals surface area contributed by atoms with E-state index >= 15 is 0 Å². The Hall–Kier alpha value is -1.11. The molecule has 2 rings (SSSR count). The Labute approximate surface area is 135 Å². The number of ether oxygens (including phenoxy) is 1. The van der Waals surface area contributed by atoms with Crippen molar-refractivity contribution < 1.29 is 17.9 Å². The first-order valence-electron chi connectivity index (χ1n) is 7.19. The van der Waals surface area contributed by atoms with Gasteiger partial charge in [0.2, 0.25) is 0 Å². The summed E-state index contributed by atoms with van der Waals surface area (Å²) in [6, 6.07) is 6.83. The van der Waals surface area contributed by atoms with Gasteiger partial charge in [-0.05, 0) is 24.6 Å². The maximum atomic E-state index is 12.4. The molecule has 0 aliphatic heterocycles. The second-order valence-corrected chi connectivity index (χ2v) is 8.21. The summed E-state index contributed by atoms with van der Waals surface area (Å²) in [6.07, 6.45) is 0. The summed E-state index contributed by atoms with van der Waals surface area (Å²) in [5.41, 5.74) is 5.35.